The van der Waals surface area contributed by atoms with Gasteiger partial charge in [0.05, 0.1) is 12.5 Å². The first-order valence-electron chi connectivity index (χ1n) is 9.04. The number of fused-ring (bicyclic) bond motifs is 1. The van der Waals surface area contributed by atoms with Crippen LogP contribution in [0, 0.1) is 5.82 Å². The van der Waals surface area contributed by atoms with Crippen molar-refractivity contribution in [2.75, 3.05) is 0 Å². The smallest absolute Gasteiger partial charge is 0.288 e. The highest BCUT2D eigenvalue weighted by molar-refractivity contribution is 5.94. The maximum Gasteiger partial charge on any atom is 0.288 e. The molecule has 0 fully saturated rings. The van der Waals surface area contributed by atoms with Crippen LogP contribution in [0.3, 0.4) is 0 Å². The van der Waals surface area contributed by atoms with E-state index in [1.54, 1.807) is 0 Å². The highest BCUT2D eigenvalue weighted by Gasteiger charge is 2.14. The van der Waals surface area contributed by atoms with E-state index in [0.717, 1.165) is 16.5 Å². The quantitative estimate of drug-likeness (QED) is 0.457. The molecule has 0 aliphatic rings. The van der Waals surface area contributed by atoms with Gasteiger partial charge in [0, 0.05) is 29.2 Å². The number of para-hydroxylation sites is 1. The van der Waals surface area contributed by atoms with Crippen LogP contribution in [-0.4, -0.2) is 26.3 Å². The number of aromatic amines is 1. The molecule has 146 valence electrons. The van der Waals surface area contributed by atoms with E-state index in [0.29, 0.717) is 12.1 Å². The van der Waals surface area contributed by atoms with E-state index in [4.69, 9.17) is 0 Å². The van der Waals surface area contributed by atoms with Crippen molar-refractivity contribution in [3.8, 4) is 5.69 Å². The van der Waals surface area contributed by atoms with Gasteiger partial charge in [-0.15, -0.1) is 0 Å². The van der Waals surface area contributed by atoms with E-state index >= 15 is 0 Å². The predicted octanol–water partition coefficient (Wildman–Crippen LogP) is 2.89. The zero-order valence-corrected chi connectivity index (χ0v) is 15.4. The SMILES string of the molecule is O=C(CCc1c[nH]c2ccccc12)NNC(=O)c1cncn1-c1ccc(F)cc1. The Morgan fingerprint density at radius 1 is 1.07 bits per heavy atom. The van der Waals surface area contributed by atoms with Gasteiger partial charge in [-0.05, 0) is 42.3 Å². The number of carbonyl (C=O) groups is 2. The minimum atomic E-state index is -0.521. The minimum absolute atomic E-state index is 0.216. The van der Waals surface area contributed by atoms with Gasteiger partial charge in [-0.3, -0.25) is 25.0 Å². The third-order valence-corrected chi connectivity index (χ3v) is 4.59. The van der Waals surface area contributed by atoms with E-state index in [2.05, 4.69) is 20.8 Å². The third kappa shape index (κ3) is 4.01. The van der Waals surface area contributed by atoms with Gasteiger partial charge in [0.25, 0.3) is 5.91 Å². The number of H-pyrrole nitrogens is 1. The number of nitrogens with one attached hydrogen (secondary N) is 3. The van der Waals surface area contributed by atoms with Crippen molar-refractivity contribution in [1.29, 1.82) is 0 Å². The fraction of sp³-hybridized carbons (Fsp3) is 0.0952. The number of rotatable bonds is 5. The summed E-state index contributed by atoms with van der Waals surface area (Å²) in [5, 5.41) is 1.08. The lowest BCUT2D eigenvalue weighted by Crippen LogP contribution is -2.42. The van der Waals surface area contributed by atoms with Crippen molar-refractivity contribution in [2.24, 2.45) is 0 Å². The molecule has 2 aromatic carbocycles. The molecular weight excluding hydrogens is 373 g/mol. The van der Waals surface area contributed by atoms with E-state index in [9.17, 15) is 14.0 Å². The molecule has 0 atom stereocenters. The number of benzene rings is 2. The molecule has 0 saturated heterocycles. The summed E-state index contributed by atoms with van der Waals surface area (Å²) in [6.07, 6.45) is 5.47. The van der Waals surface area contributed by atoms with E-state index in [-0.39, 0.29) is 23.8 Å². The number of imidazole rings is 1. The Morgan fingerprint density at radius 3 is 2.69 bits per heavy atom. The molecule has 0 bridgehead atoms. The van der Waals surface area contributed by atoms with Gasteiger partial charge in [0.2, 0.25) is 5.91 Å². The number of nitrogens with zero attached hydrogens (tertiary/aromatic N) is 2. The summed E-state index contributed by atoms with van der Waals surface area (Å²) in [5.41, 5.74) is 7.67. The normalized spacial score (nSPS) is 10.8. The van der Waals surface area contributed by atoms with Crippen LogP contribution in [0.1, 0.15) is 22.5 Å². The Labute approximate surface area is 165 Å². The van der Waals surface area contributed by atoms with Crippen molar-refractivity contribution >= 4 is 22.7 Å². The molecule has 0 saturated carbocycles. The molecular formula is C21H18FN5O2. The summed E-state index contributed by atoms with van der Waals surface area (Å²) in [6, 6.07) is 13.5. The molecule has 4 rings (SSSR count). The van der Waals surface area contributed by atoms with Crippen molar-refractivity contribution in [3.05, 3.63) is 84.3 Å². The zero-order valence-electron chi connectivity index (χ0n) is 15.4. The zero-order chi connectivity index (χ0) is 20.2. The molecule has 4 aromatic rings. The highest BCUT2D eigenvalue weighted by atomic mass is 19.1. The first-order chi connectivity index (χ1) is 14.1. The topological polar surface area (TPSA) is 91.8 Å². The number of aromatic nitrogens is 3. The lowest BCUT2D eigenvalue weighted by molar-refractivity contribution is -0.121. The van der Waals surface area contributed by atoms with Crippen LogP contribution in [-0.2, 0) is 11.2 Å². The fourth-order valence-corrected chi connectivity index (χ4v) is 3.11. The van der Waals surface area contributed by atoms with Crippen molar-refractivity contribution in [2.45, 2.75) is 12.8 Å². The summed E-state index contributed by atoms with van der Waals surface area (Å²) in [7, 11) is 0. The number of hydrogen-bond acceptors (Lipinski definition) is 3. The van der Waals surface area contributed by atoms with Gasteiger partial charge in [-0.1, -0.05) is 18.2 Å². The summed E-state index contributed by atoms with van der Waals surface area (Å²) in [5.74, 6) is -1.20. The second-order valence-corrected chi connectivity index (χ2v) is 6.49. The molecule has 2 amide bonds. The standard InChI is InChI=1S/C21H18FN5O2/c22-15-6-8-16(9-7-15)27-13-23-12-19(27)21(29)26-25-20(28)10-5-14-11-24-18-4-2-1-3-17(14)18/h1-4,6-9,11-13,24H,5,10H2,(H,25,28)(H,26,29). The Morgan fingerprint density at radius 2 is 1.86 bits per heavy atom. The number of halogens is 1. The van der Waals surface area contributed by atoms with Gasteiger partial charge in [-0.2, -0.15) is 0 Å². The van der Waals surface area contributed by atoms with Crippen molar-refractivity contribution in [3.63, 3.8) is 0 Å². The van der Waals surface area contributed by atoms with Crippen LogP contribution < -0.4 is 10.9 Å². The first-order valence-corrected chi connectivity index (χ1v) is 9.04. The molecule has 0 radical (unpaired) electrons. The van der Waals surface area contributed by atoms with E-state index in [1.165, 1.54) is 41.4 Å². The third-order valence-electron chi connectivity index (χ3n) is 4.59. The number of carbonyl (C=O) groups excluding carboxylic acids is 2. The van der Waals surface area contributed by atoms with Crippen molar-refractivity contribution < 1.29 is 14.0 Å². The van der Waals surface area contributed by atoms with Crippen LogP contribution in [0.5, 0.6) is 0 Å². The molecule has 2 heterocycles. The minimum Gasteiger partial charge on any atom is -0.361 e. The molecule has 29 heavy (non-hydrogen) atoms. The Kier molecular flexibility index (Phi) is 5.07. The summed E-state index contributed by atoms with van der Waals surface area (Å²) in [4.78, 5) is 31.7. The first kappa shape index (κ1) is 18.4. The number of hydrogen-bond donors (Lipinski definition) is 3. The Hall–Kier alpha value is -3.94. The van der Waals surface area contributed by atoms with E-state index < -0.39 is 5.91 Å². The molecule has 0 unspecified atom stereocenters. The molecule has 7 nitrogen and oxygen atoms in total. The van der Waals surface area contributed by atoms with Crippen LogP contribution in [0.25, 0.3) is 16.6 Å². The van der Waals surface area contributed by atoms with Gasteiger partial charge in [0.1, 0.15) is 11.5 Å². The average molecular weight is 391 g/mol. The monoisotopic (exact) mass is 391 g/mol. The summed E-state index contributed by atoms with van der Waals surface area (Å²) >= 11 is 0. The predicted molar refractivity (Wildman–Crippen MR) is 106 cm³/mol. The molecule has 0 aliphatic carbocycles. The second kappa shape index (κ2) is 7.97. The molecule has 8 heteroatoms. The number of hydrazine groups is 1. The molecule has 0 spiro atoms. The van der Waals surface area contributed by atoms with Gasteiger partial charge >= 0.3 is 0 Å². The fourth-order valence-electron chi connectivity index (χ4n) is 3.11. The number of amides is 2. The average Bonchev–Trinajstić information content (AvgIpc) is 3.38. The Balaban J connectivity index is 1.35. The number of aryl methyl sites for hydroxylation is 1. The maximum atomic E-state index is 13.1. The lowest BCUT2D eigenvalue weighted by Gasteiger charge is -2.10. The highest BCUT2D eigenvalue weighted by Crippen LogP contribution is 2.18. The lowest BCUT2D eigenvalue weighted by atomic mass is 10.1. The summed E-state index contributed by atoms with van der Waals surface area (Å²) in [6.45, 7) is 0. The van der Waals surface area contributed by atoms with Gasteiger partial charge in [0.15, 0.2) is 0 Å². The van der Waals surface area contributed by atoms with Gasteiger partial charge < -0.3 is 4.98 Å². The van der Waals surface area contributed by atoms with Crippen LogP contribution in [0.4, 0.5) is 4.39 Å². The van der Waals surface area contributed by atoms with Crippen LogP contribution in [0.2, 0.25) is 0 Å². The molecule has 2 aromatic heterocycles. The van der Waals surface area contributed by atoms with Crippen molar-refractivity contribution in [1.82, 2.24) is 25.4 Å². The summed E-state index contributed by atoms with van der Waals surface area (Å²) < 4.78 is 14.6. The molecule has 3 N–H and O–H groups in total. The Bertz CT molecular complexity index is 1160. The van der Waals surface area contributed by atoms with E-state index in [1.807, 2.05) is 30.5 Å². The molecule has 0 aliphatic heterocycles. The second-order valence-electron chi connectivity index (χ2n) is 6.49. The van der Waals surface area contributed by atoms with Crippen LogP contribution >= 0.6 is 0 Å². The maximum absolute atomic E-state index is 13.1. The van der Waals surface area contributed by atoms with Crippen LogP contribution in [0.15, 0.2) is 67.3 Å². The largest absolute Gasteiger partial charge is 0.361 e. The van der Waals surface area contributed by atoms with Gasteiger partial charge in [-0.25, -0.2) is 9.37 Å².